The standard InChI is InChI=1S/C19H16Cl2F9N5O/c1-36-5-3-2-4-31-15-11-13(18(25,26)27)32-16(19(28,29)30)33-14(11)34-35(15)12-9(20)6-8(7-10(12)21)17(22,23)24/h6-7,14,31,34H,2-5H2,1H3. The predicted octanol–water partition coefficient (Wildman–Crippen LogP) is 5.87. The topological polar surface area (TPSA) is 61.2 Å². The molecule has 1 aromatic rings. The van der Waals surface area contributed by atoms with Crippen LogP contribution in [-0.4, -0.2) is 50.3 Å². The molecule has 0 amide bonds. The van der Waals surface area contributed by atoms with Gasteiger partial charge in [-0.2, -0.15) is 44.9 Å². The normalized spacial score (nSPS) is 18.9. The van der Waals surface area contributed by atoms with Crippen molar-refractivity contribution in [1.82, 2.24) is 10.7 Å². The molecule has 1 atom stereocenters. The molecule has 0 bridgehead atoms. The molecule has 2 heterocycles. The molecule has 0 saturated heterocycles. The van der Waals surface area contributed by atoms with E-state index in [0.717, 1.165) is 5.01 Å². The first kappa shape index (κ1) is 28.3. The van der Waals surface area contributed by atoms with Gasteiger partial charge in [0.05, 0.1) is 26.9 Å². The summed E-state index contributed by atoms with van der Waals surface area (Å²) in [5.41, 5.74) is -2.06. The first-order chi connectivity index (χ1) is 16.6. The van der Waals surface area contributed by atoms with Crippen molar-refractivity contribution in [2.75, 3.05) is 25.3 Å². The van der Waals surface area contributed by atoms with Gasteiger partial charge in [0.1, 0.15) is 12.0 Å². The highest BCUT2D eigenvalue weighted by atomic mass is 35.5. The lowest BCUT2D eigenvalue weighted by atomic mass is 10.1. The quantitative estimate of drug-likeness (QED) is 0.317. The van der Waals surface area contributed by atoms with Crippen LogP contribution in [0.3, 0.4) is 0 Å². The summed E-state index contributed by atoms with van der Waals surface area (Å²) in [5, 5.41) is 2.13. The molecule has 0 aliphatic carbocycles. The second-order valence-corrected chi connectivity index (χ2v) is 8.27. The number of aliphatic imine (C=N–C) groups is 2. The number of hydrogen-bond donors (Lipinski definition) is 2. The maximum atomic E-state index is 13.8. The number of methoxy groups -OCH3 is 1. The van der Waals surface area contributed by atoms with Crippen molar-refractivity contribution in [2.24, 2.45) is 9.98 Å². The molecule has 2 aliphatic heterocycles. The van der Waals surface area contributed by atoms with E-state index >= 15 is 0 Å². The molecule has 0 radical (unpaired) electrons. The summed E-state index contributed by atoms with van der Waals surface area (Å²) >= 11 is 12.0. The Kier molecular flexibility index (Phi) is 8.08. The Labute approximate surface area is 207 Å². The van der Waals surface area contributed by atoms with Crippen LogP contribution < -0.4 is 15.8 Å². The van der Waals surface area contributed by atoms with Crippen LogP contribution in [0.5, 0.6) is 0 Å². The summed E-state index contributed by atoms with van der Waals surface area (Å²) in [5.74, 6) is -2.51. The molecule has 0 aromatic heterocycles. The van der Waals surface area contributed by atoms with E-state index in [0.29, 0.717) is 31.6 Å². The zero-order chi connectivity index (χ0) is 27.1. The van der Waals surface area contributed by atoms with E-state index in [4.69, 9.17) is 27.9 Å². The molecule has 200 valence electrons. The molecule has 3 rings (SSSR count). The summed E-state index contributed by atoms with van der Waals surface area (Å²) in [6, 6.07) is 0.965. The van der Waals surface area contributed by atoms with Crippen molar-refractivity contribution in [3.8, 4) is 0 Å². The molecule has 2 aliphatic rings. The van der Waals surface area contributed by atoms with Crippen LogP contribution in [0.2, 0.25) is 10.0 Å². The molecule has 17 heteroatoms. The van der Waals surface area contributed by atoms with E-state index < -0.39 is 68.9 Å². The third-order valence-electron chi connectivity index (χ3n) is 4.89. The number of hydrogen-bond acceptors (Lipinski definition) is 6. The highest BCUT2D eigenvalue weighted by molar-refractivity contribution is 6.39. The number of nitrogens with zero attached hydrogens (tertiary/aromatic N) is 3. The molecule has 6 nitrogen and oxygen atoms in total. The Bertz CT molecular complexity index is 1070. The van der Waals surface area contributed by atoms with Crippen LogP contribution in [0.15, 0.2) is 33.5 Å². The third kappa shape index (κ3) is 6.01. The fraction of sp³-hybridized carbons (Fsp3) is 0.474. The number of ether oxygens (including phenoxy) is 1. The van der Waals surface area contributed by atoms with E-state index in [1.54, 1.807) is 0 Å². The maximum absolute atomic E-state index is 13.8. The van der Waals surface area contributed by atoms with Crippen molar-refractivity contribution < 1.29 is 44.3 Å². The Morgan fingerprint density at radius 1 is 0.972 bits per heavy atom. The Morgan fingerprint density at radius 3 is 2.08 bits per heavy atom. The van der Waals surface area contributed by atoms with Gasteiger partial charge in [-0.1, -0.05) is 23.2 Å². The Hall–Kier alpha value is -2.23. The van der Waals surface area contributed by atoms with Gasteiger partial charge in [0, 0.05) is 20.3 Å². The molecule has 1 aromatic carbocycles. The minimum atomic E-state index is -5.34. The number of hydrazine groups is 1. The van der Waals surface area contributed by atoms with Gasteiger partial charge in [0.2, 0.25) is 5.84 Å². The number of benzene rings is 1. The summed E-state index contributed by atoms with van der Waals surface area (Å²) < 4.78 is 125. The smallest absolute Gasteiger partial charge is 0.385 e. The minimum Gasteiger partial charge on any atom is -0.385 e. The maximum Gasteiger partial charge on any atom is 0.451 e. The van der Waals surface area contributed by atoms with Crippen molar-refractivity contribution in [3.63, 3.8) is 0 Å². The van der Waals surface area contributed by atoms with Gasteiger partial charge >= 0.3 is 18.5 Å². The van der Waals surface area contributed by atoms with Gasteiger partial charge in [0.15, 0.2) is 5.71 Å². The minimum absolute atomic E-state index is 0.00391. The largest absolute Gasteiger partial charge is 0.451 e. The molecular weight excluding hydrogens is 556 g/mol. The summed E-state index contributed by atoms with van der Waals surface area (Å²) in [4.78, 5) is 5.96. The zero-order valence-corrected chi connectivity index (χ0v) is 19.5. The van der Waals surface area contributed by atoms with Crippen LogP contribution in [0.25, 0.3) is 0 Å². The number of alkyl halides is 9. The van der Waals surface area contributed by atoms with Gasteiger partial charge in [-0.3, -0.25) is 5.01 Å². The summed E-state index contributed by atoms with van der Waals surface area (Å²) in [6.45, 7) is 0.327. The van der Waals surface area contributed by atoms with Gasteiger partial charge < -0.3 is 10.1 Å². The molecule has 0 spiro atoms. The lowest BCUT2D eigenvalue weighted by molar-refractivity contribution is -0.137. The van der Waals surface area contributed by atoms with Crippen LogP contribution in [0.4, 0.5) is 45.2 Å². The lowest BCUT2D eigenvalue weighted by Crippen LogP contribution is -2.43. The number of anilines is 1. The van der Waals surface area contributed by atoms with E-state index in [9.17, 15) is 39.5 Å². The van der Waals surface area contributed by atoms with Crippen molar-refractivity contribution in [1.29, 1.82) is 0 Å². The van der Waals surface area contributed by atoms with Gasteiger partial charge in [-0.15, -0.1) is 0 Å². The average molecular weight is 572 g/mol. The average Bonchev–Trinajstić information content (AvgIpc) is 3.08. The SMILES string of the molecule is COCCCCNC1=C2C(C(F)(F)F)=NC(C(F)(F)F)=NC2NN1c1c(Cl)cc(C(F)(F)F)cc1Cl. The van der Waals surface area contributed by atoms with Crippen LogP contribution in [0, 0.1) is 0 Å². The second kappa shape index (κ2) is 10.3. The Morgan fingerprint density at radius 2 is 1.58 bits per heavy atom. The molecule has 1 unspecified atom stereocenters. The molecule has 36 heavy (non-hydrogen) atoms. The first-order valence-corrected chi connectivity index (χ1v) is 10.7. The van der Waals surface area contributed by atoms with Crippen LogP contribution in [-0.2, 0) is 10.9 Å². The van der Waals surface area contributed by atoms with Gasteiger partial charge in [-0.05, 0) is 25.0 Å². The highest BCUT2D eigenvalue weighted by Gasteiger charge is 2.52. The summed E-state index contributed by atoms with van der Waals surface area (Å²) in [7, 11) is 1.43. The first-order valence-electron chi connectivity index (χ1n) is 9.96. The second-order valence-electron chi connectivity index (χ2n) is 7.45. The number of rotatable bonds is 7. The van der Waals surface area contributed by atoms with E-state index in [1.807, 2.05) is 0 Å². The van der Waals surface area contributed by atoms with E-state index in [-0.39, 0.29) is 6.54 Å². The van der Waals surface area contributed by atoms with E-state index in [2.05, 4.69) is 20.7 Å². The van der Waals surface area contributed by atoms with Crippen molar-refractivity contribution in [3.05, 3.63) is 39.1 Å². The molecule has 2 N–H and O–H groups in total. The predicted molar refractivity (Wildman–Crippen MR) is 114 cm³/mol. The van der Waals surface area contributed by atoms with Crippen molar-refractivity contribution in [2.45, 2.75) is 37.5 Å². The molecule has 0 saturated carbocycles. The fourth-order valence-electron chi connectivity index (χ4n) is 3.38. The van der Waals surface area contributed by atoms with Gasteiger partial charge in [0.25, 0.3) is 0 Å². The lowest BCUT2D eigenvalue weighted by Gasteiger charge is -2.26. The monoisotopic (exact) mass is 571 g/mol. The number of halogens is 11. The third-order valence-corrected chi connectivity index (χ3v) is 5.46. The number of amidine groups is 1. The molecular formula is C19H16Cl2F9N5O. The van der Waals surface area contributed by atoms with Crippen LogP contribution in [0.1, 0.15) is 18.4 Å². The molecule has 0 fully saturated rings. The Balaban J connectivity index is 2.15. The zero-order valence-electron chi connectivity index (χ0n) is 18.0. The fourth-order valence-corrected chi connectivity index (χ4v) is 4.03. The highest BCUT2D eigenvalue weighted by Crippen LogP contribution is 2.44. The van der Waals surface area contributed by atoms with E-state index in [1.165, 1.54) is 7.11 Å². The van der Waals surface area contributed by atoms with Crippen LogP contribution >= 0.6 is 23.2 Å². The van der Waals surface area contributed by atoms with Gasteiger partial charge in [-0.25, -0.2) is 9.98 Å². The number of nitrogens with one attached hydrogen (secondary N) is 2. The number of unbranched alkanes of at least 4 members (excludes halogenated alkanes) is 1. The summed E-state index contributed by atoms with van der Waals surface area (Å²) in [6.07, 6.45) is -16.6. The van der Waals surface area contributed by atoms with Crippen molar-refractivity contribution >= 4 is 40.4 Å². The number of fused-ring (bicyclic) bond motifs is 1.